The third-order valence-corrected chi connectivity index (χ3v) is 5.69. The van der Waals surface area contributed by atoms with Crippen LogP contribution in [-0.4, -0.2) is 34.0 Å². The van der Waals surface area contributed by atoms with Crippen LogP contribution in [-0.2, 0) is 10.2 Å². The van der Waals surface area contributed by atoms with Gasteiger partial charge in [0.2, 0.25) is 0 Å². The molecule has 1 saturated heterocycles. The van der Waals surface area contributed by atoms with Gasteiger partial charge in [0.25, 0.3) is 0 Å². The molecule has 34 heavy (non-hydrogen) atoms. The van der Waals surface area contributed by atoms with Crippen LogP contribution in [0.1, 0.15) is 18.2 Å². The van der Waals surface area contributed by atoms with Crippen molar-refractivity contribution in [2.75, 3.05) is 23.8 Å². The molecule has 1 fully saturated rings. The van der Waals surface area contributed by atoms with Crippen LogP contribution in [0.4, 0.5) is 16.3 Å². The van der Waals surface area contributed by atoms with Gasteiger partial charge < -0.3 is 14.8 Å². The maximum absolute atomic E-state index is 12.8. The highest BCUT2D eigenvalue weighted by atomic mass is 16.5. The molecular formula is C26H25N5O3. The van der Waals surface area contributed by atoms with E-state index in [9.17, 15) is 4.79 Å². The van der Waals surface area contributed by atoms with Gasteiger partial charge in [-0.25, -0.2) is 9.48 Å². The standard InChI is InChI=1S/C26H25N5O3/c1-18-3-7-20(8-4-18)31-24(15-23(30-31)26(2)16-33-17-26)29-25(32)28-19-5-9-21(10-6-19)34-22-11-13-27-14-12-22/h3-15H,16-17H2,1-2H3,(H2,28,29,32). The summed E-state index contributed by atoms with van der Waals surface area (Å²) in [6.07, 6.45) is 3.33. The van der Waals surface area contributed by atoms with Crippen molar-refractivity contribution in [1.29, 1.82) is 0 Å². The summed E-state index contributed by atoms with van der Waals surface area (Å²) in [5, 5.41) is 10.6. The lowest BCUT2D eigenvalue weighted by Gasteiger charge is -2.36. The smallest absolute Gasteiger partial charge is 0.324 e. The summed E-state index contributed by atoms with van der Waals surface area (Å²) in [5.41, 5.74) is 3.38. The van der Waals surface area contributed by atoms with Crippen molar-refractivity contribution in [1.82, 2.24) is 14.8 Å². The molecule has 0 aliphatic carbocycles. The van der Waals surface area contributed by atoms with Crippen molar-refractivity contribution >= 4 is 17.5 Å². The second-order valence-electron chi connectivity index (χ2n) is 8.60. The molecule has 0 radical (unpaired) electrons. The van der Waals surface area contributed by atoms with Crippen molar-refractivity contribution in [3.8, 4) is 17.2 Å². The number of nitrogens with zero attached hydrogens (tertiary/aromatic N) is 3. The van der Waals surface area contributed by atoms with E-state index in [1.54, 1.807) is 53.5 Å². The number of ether oxygens (including phenoxy) is 2. The van der Waals surface area contributed by atoms with Gasteiger partial charge in [-0.2, -0.15) is 5.10 Å². The number of urea groups is 1. The van der Waals surface area contributed by atoms with E-state index < -0.39 is 0 Å². The second-order valence-corrected chi connectivity index (χ2v) is 8.60. The lowest BCUT2D eigenvalue weighted by Crippen LogP contribution is -2.44. The number of aromatic nitrogens is 3. The van der Waals surface area contributed by atoms with Crippen LogP contribution < -0.4 is 15.4 Å². The fourth-order valence-electron chi connectivity index (χ4n) is 3.63. The van der Waals surface area contributed by atoms with Gasteiger partial charge in [-0.05, 0) is 62.4 Å². The first-order valence-electron chi connectivity index (χ1n) is 11.0. The average molecular weight is 456 g/mol. The minimum absolute atomic E-state index is 0.159. The Balaban J connectivity index is 1.31. The van der Waals surface area contributed by atoms with Crippen LogP contribution in [0, 0.1) is 6.92 Å². The van der Waals surface area contributed by atoms with Gasteiger partial charge in [-0.1, -0.05) is 17.7 Å². The van der Waals surface area contributed by atoms with Crippen LogP contribution in [0.25, 0.3) is 5.69 Å². The zero-order chi connectivity index (χ0) is 23.5. The predicted molar refractivity (Wildman–Crippen MR) is 130 cm³/mol. The van der Waals surface area contributed by atoms with E-state index in [2.05, 4.69) is 22.5 Å². The monoisotopic (exact) mass is 455 g/mol. The van der Waals surface area contributed by atoms with E-state index in [1.807, 2.05) is 37.3 Å². The van der Waals surface area contributed by atoms with E-state index in [4.69, 9.17) is 14.6 Å². The summed E-state index contributed by atoms with van der Waals surface area (Å²) in [6, 6.07) is 20.3. The van der Waals surface area contributed by atoms with Gasteiger partial charge >= 0.3 is 6.03 Å². The highest BCUT2D eigenvalue weighted by Crippen LogP contribution is 2.33. The number of rotatable bonds is 6. The van der Waals surface area contributed by atoms with E-state index >= 15 is 0 Å². The predicted octanol–water partition coefficient (Wildman–Crippen LogP) is 5.30. The summed E-state index contributed by atoms with van der Waals surface area (Å²) >= 11 is 0. The number of hydrogen-bond donors (Lipinski definition) is 2. The summed E-state index contributed by atoms with van der Waals surface area (Å²) in [5.74, 6) is 1.94. The lowest BCUT2D eigenvalue weighted by molar-refractivity contribution is -0.0522. The molecule has 8 heteroatoms. The number of carbonyl (C=O) groups is 1. The van der Waals surface area contributed by atoms with Crippen LogP contribution in [0.2, 0.25) is 0 Å². The summed E-state index contributed by atoms with van der Waals surface area (Å²) in [7, 11) is 0. The second kappa shape index (κ2) is 8.99. The van der Waals surface area contributed by atoms with Crippen molar-refractivity contribution in [2.24, 2.45) is 0 Å². The number of nitrogens with one attached hydrogen (secondary N) is 2. The molecule has 0 spiro atoms. The Hall–Kier alpha value is -4.17. The fourth-order valence-corrected chi connectivity index (χ4v) is 3.63. The van der Waals surface area contributed by atoms with Gasteiger partial charge in [0.15, 0.2) is 0 Å². The first-order valence-corrected chi connectivity index (χ1v) is 11.0. The molecule has 5 rings (SSSR count). The zero-order valence-electron chi connectivity index (χ0n) is 19.0. The first kappa shape index (κ1) is 21.7. The molecule has 8 nitrogen and oxygen atoms in total. The molecule has 172 valence electrons. The molecule has 1 aliphatic rings. The number of pyridine rings is 1. The molecule has 2 aromatic carbocycles. The number of benzene rings is 2. The van der Waals surface area contributed by atoms with E-state index in [0.717, 1.165) is 16.9 Å². The quantitative estimate of drug-likeness (QED) is 0.412. The molecule has 0 unspecified atom stereocenters. The fraction of sp³-hybridized carbons (Fsp3) is 0.192. The Morgan fingerprint density at radius 3 is 2.29 bits per heavy atom. The normalized spacial score (nSPS) is 14.2. The van der Waals surface area contributed by atoms with Gasteiger partial charge in [0.05, 0.1) is 30.0 Å². The molecule has 1 aliphatic heterocycles. The van der Waals surface area contributed by atoms with E-state index in [1.165, 1.54) is 0 Å². The minimum Gasteiger partial charge on any atom is -0.457 e. The highest BCUT2D eigenvalue weighted by molar-refractivity contribution is 5.99. The zero-order valence-corrected chi connectivity index (χ0v) is 19.0. The molecule has 0 bridgehead atoms. The number of amides is 2. The Morgan fingerprint density at radius 1 is 0.971 bits per heavy atom. The molecule has 2 aromatic heterocycles. The molecule has 3 heterocycles. The highest BCUT2D eigenvalue weighted by Gasteiger charge is 2.38. The number of carbonyl (C=O) groups excluding carboxylic acids is 1. The van der Waals surface area contributed by atoms with Crippen LogP contribution in [0.3, 0.4) is 0 Å². The van der Waals surface area contributed by atoms with Crippen LogP contribution in [0.5, 0.6) is 11.5 Å². The largest absolute Gasteiger partial charge is 0.457 e. The number of aryl methyl sites for hydroxylation is 1. The molecule has 2 N–H and O–H groups in total. The molecule has 0 saturated carbocycles. The van der Waals surface area contributed by atoms with Crippen LogP contribution in [0.15, 0.2) is 79.1 Å². The molecule has 0 atom stereocenters. The Bertz CT molecular complexity index is 1280. The summed E-state index contributed by atoms with van der Waals surface area (Å²) < 4.78 is 12.9. The van der Waals surface area contributed by atoms with E-state index in [-0.39, 0.29) is 11.4 Å². The lowest BCUT2D eigenvalue weighted by atomic mass is 9.85. The topological polar surface area (TPSA) is 90.3 Å². The maximum Gasteiger partial charge on any atom is 0.324 e. The maximum atomic E-state index is 12.8. The summed E-state index contributed by atoms with van der Waals surface area (Å²) in [6.45, 7) is 5.36. The first-order chi connectivity index (χ1) is 16.5. The number of hydrogen-bond acceptors (Lipinski definition) is 5. The van der Waals surface area contributed by atoms with Crippen molar-refractivity contribution in [2.45, 2.75) is 19.3 Å². The van der Waals surface area contributed by atoms with Crippen molar-refractivity contribution in [3.05, 3.63) is 90.4 Å². The van der Waals surface area contributed by atoms with Crippen molar-refractivity contribution in [3.63, 3.8) is 0 Å². The van der Waals surface area contributed by atoms with Crippen molar-refractivity contribution < 1.29 is 14.3 Å². The third-order valence-electron chi connectivity index (χ3n) is 5.69. The van der Waals surface area contributed by atoms with Gasteiger partial charge in [0.1, 0.15) is 17.3 Å². The SMILES string of the molecule is Cc1ccc(-n2nc(C3(C)COC3)cc2NC(=O)Nc2ccc(Oc3ccncc3)cc2)cc1. The van der Waals surface area contributed by atoms with Gasteiger partial charge in [0, 0.05) is 24.1 Å². The molecule has 2 amide bonds. The average Bonchev–Trinajstić information content (AvgIpc) is 3.24. The number of anilines is 2. The molecule has 4 aromatic rings. The minimum atomic E-state index is -0.363. The van der Waals surface area contributed by atoms with Crippen LogP contribution >= 0.6 is 0 Å². The van der Waals surface area contributed by atoms with Gasteiger partial charge in [-0.3, -0.25) is 10.3 Å². The Morgan fingerprint density at radius 2 is 1.65 bits per heavy atom. The third kappa shape index (κ3) is 4.62. The Kier molecular flexibility index (Phi) is 5.73. The van der Waals surface area contributed by atoms with E-state index in [0.29, 0.717) is 36.2 Å². The summed E-state index contributed by atoms with van der Waals surface area (Å²) in [4.78, 5) is 16.8. The molecular weight excluding hydrogens is 430 g/mol. The van der Waals surface area contributed by atoms with Gasteiger partial charge in [-0.15, -0.1) is 0 Å². The Labute approximate surface area is 197 Å².